The first-order valence-corrected chi connectivity index (χ1v) is 8.92. The molecular formula is C21H26N2O. The molecule has 3 heteroatoms. The van der Waals surface area contributed by atoms with E-state index in [0.29, 0.717) is 11.5 Å². The van der Waals surface area contributed by atoms with Crippen LogP contribution in [0.4, 0.5) is 0 Å². The molecular weight excluding hydrogens is 296 g/mol. The Morgan fingerprint density at radius 2 is 1.92 bits per heavy atom. The highest BCUT2D eigenvalue weighted by atomic mass is 16.5. The summed E-state index contributed by atoms with van der Waals surface area (Å²) in [6.45, 7) is 4.46. The maximum absolute atomic E-state index is 5.21. The minimum Gasteiger partial charge on any atom is -0.497 e. The van der Waals surface area contributed by atoms with Crippen molar-refractivity contribution in [3.63, 3.8) is 0 Å². The van der Waals surface area contributed by atoms with E-state index in [-0.39, 0.29) is 0 Å². The summed E-state index contributed by atoms with van der Waals surface area (Å²) < 4.78 is 5.21. The molecule has 3 unspecified atom stereocenters. The molecule has 2 saturated heterocycles. The smallest absolute Gasteiger partial charge is 0.118 e. The van der Waals surface area contributed by atoms with Crippen LogP contribution in [-0.4, -0.2) is 37.7 Å². The predicted octanol–water partition coefficient (Wildman–Crippen LogP) is 3.20. The number of piperidine rings is 1. The Kier molecular flexibility index (Phi) is 4.30. The van der Waals surface area contributed by atoms with E-state index >= 15 is 0 Å². The Hall–Kier alpha value is -1.84. The molecule has 2 aliphatic rings. The Morgan fingerprint density at radius 1 is 1.12 bits per heavy atom. The molecule has 0 amide bonds. The van der Waals surface area contributed by atoms with Crippen LogP contribution in [0.3, 0.4) is 0 Å². The first-order chi connectivity index (χ1) is 11.8. The van der Waals surface area contributed by atoms with Gasteiger partial charge in [-0.05, 0) is 42.6 Å². The number of nitrogens with zero attached hydrogens (tertiary/aromatic N) is 1. The maximum atomic E-state index is 5.21. The molecule has 0 spiro atoms. The Morgan fingerprint density at radius 3 is 2.67 bits per heavy atom. The van der Waals surface area contributed by atoms with Crippen molar-refractivity contribution < 1.29 is 4.74 Å². The van der Waals surface area contributed by atoms with Crippen molar-refractivity contribution in [2.45, 2.75) is 30.8 Å². The maximum Gasteiger partial charge on any atom is 0.118 e. The molecule has 3 atom stereocenters. The van der Waals surface area contributed by atoms with E-state index in [9.17, 15) is 0 Å². The van der Waals surface area contributed by atoms with Crippen LogP contribution in [0, 0.1) is 0 Å². The van der Waals surface area contributed by atoms with Gasteiger partial charge in [-0.2, -0.15) is 0 Å². The number of rotatable bonds is 6. The van der Waals surface area contributed by atoms with E-state index < -0.39 is 0 Å². The normalized spacial score (nSPS) is 28.2. The average molecular weight is 322 g/mol. The quantitative estimate of drug-likeness (QED) is 0.884. The summed E-state index contributed by atoms with van der Waals surface area (Å²) >= 11 is 0. The van der Waals surface area contributed by atoms with E-state index in [1.807, 2.05) is 12.1 Å². The van der Waals surface area contributed by atoms with Gasteiger partial charge in [0.2, 0.25) is 0 Å². The van der Waals surface area contributed by atoms with Crippen molar-refractivity contribution in [3.8, 4) is 5.75 Å². The lowest BCUT2D eigenvalue weighted by Crippen LogP contribution is -2.39. The SMILES string of the molecule is COc1ccc(CNCC2CC3(c4ccccc4)CCN2C3)cc1. The fraction of sp³-hybridized carbons (Fsp3) is 0.429. The molecule has 0 aromatic heterocycles. The monoisotopic (exact) mass is 322 g/mol. The number of hydrogen-bond donors (Lipinski definition) is 1. The van der Waals surface area contributed by atoms with Crippen LogP contribution in [0.5, 0.6) is 5.75 Å². The van der Waals surface area contributed by atoms with Gasteiger partial charge in [0, 0.05) is 31.1 Å². The minimum atomic E-state index is 0.397. The Labute approximate surface area is 144 Å². The van der Waals surface area contributed by atoms with Gasteiger partial charge in [-0.1, -0.05) is 42.5 Å². The number of methoxy groups -OCH3 is 1. The van der Waals surface area contributed by atoms with Crippen molar-refractivity contribution in [2.75, 3.05) is 26.7 Å². The number of nitrogens with one attached hydrogen (secondary N) is 1. The van der Waals surface area contributed by atoms with Crippen LogP contribution in [-0.2, 0) is 12.0 Å². The highest BCUT2D eigenvalue weighted by Crippen LogP contribution is 2.46. The van der Waals surface area contributed by atoms with Crippen LogP contribution in [0.2, 0.25) is 0 Å². The van der Waals surface area contributed by atoms with Crippen molar-refractivity contribution >= 4 is 0 Å². The predicted molar refractivity (Wildman–Crippen MR) is 97.4 cm³/mol. The zero-order valence-electron chi connectivity index (χ0n) is 14.4. The Balaban J connectivity index is 1.34. The zero-order chi connectivity index (χ0) is 16.4. The third-order valence-electron chi connectivity index (χ3n) is 5.78. The fourth-order valence-corrected chi connectivity index (χ4v) is 4.44. The summed E-state index contributed by atoms with van der Waals surface area (Å²) in [5.41, 5.74) is 3.24. The molecule has 0 radical (unpaired) electrons. The molecule has 2 heterocycles. The number of ether oxygens (including phenoxy) is 1. The van der Waals surface area contributed by atoms with Gasteiger partial charge in [0.25, 0.3) is 0 Å². The lowest BCUT2D eigenvalue weighted by atomic mass is 9.76. The van der Waals surface area contributed by atoms with Crippen molar-refractivity contribution in [1.29, 1.82) is 0 Å². The molecule has 3 nitrogen and oxygen atoms in total. The van der Waals surface area contributed by atoms with Gasteiger partial charge in [-0.15, -0.1) is 0 Å². The van der Waals surface area contributed by atoms with Gasteiger partial charge >= 0.3 is 0 Å². The first kappa shape index (κ1) is 15.7. The van der Waals surface area contributed by atoms with Crippen LogP contribution in [0.15, 0.2) is 54.6 Å². The van der Waals surface area contributed by atoms with Gasteiger partial charge in [0.1, 0.15) is 5.75 Å². The number of benzene rings is 2. The van der Waals surface area contributed by atoms with Gasteiger partial charge in [0.15, 0.2) is 0 Å². The summed E-state index contributed by atoms with van der Waals surface area (Å²) in [5, 5.41) is 3.65. The molecule has 1 N–H and O–H groups in total. The van der Waals surface area contributed by atoms with E-state index in [4.69, 9.17) is 4.74 Å². The lowest BCUT2D eigenvalue weighted by Gasteiger charge is -2.30. The summed E-state index contributed by atoms with van der Waals surface area (Å²) in [6.07, 6.45) is 2.60. The van der Waals surface area contributed by atoms with Gasteiger partial charge in [-0.25, -0.2) is 0 Å². The van der Waals surface area contributed by atoms with Crippen molar-refractivity contribution in [3.05, 3.63) is 65.7 Å². The second-order valence-electron chi connectivity index (χ2n) is 7.20. The summed E-state index contributed by atoms with van der Waals surface area (Å²) in [6, 6.07) is 20.1. The highest BCUT2D eigenvalue weighted by Gasteiger charge is 2.49. The highest BCUT2D eigenvalue weighted by molar-refractivity contribution is 5.31. The first-order valence-electron chi connectivity index (χ1n) is 8.92. The van der Waals surface area contributed by atoms with Crippen LogP contribution >= 0.6 is 0 Å². The lowest BCUT2D eigenvalue weighted by molar-refractivity contribution is 0.250. The number of fused-ring (bicyclic) bond motifs is 2. The zero-order valence-corrected chi connectivity index (χ0v) is 14.4. The van der Waals surface area contributed by atoms with Crippen LogP contribution in [0.1, 0.15) is 24.0 Å². The second-order valence-corrected chi connectivity index (χ2v) is 7.20. The second kappa shape index (κ2) is 6.58. The van der Waals surface area contributed by atoms with E-state index in [2.05, 4.69) is 52.7 Å². The summed E-state index contributed by atoms with van der Waals surface area (Å²) in [4.78, 5) is 2.67. The number of hydrogen-bond acceptors (Lipinski definition) is 3. The molecule has 0 saturated carbocycles. The van der Waals surface area contributed by atoms with E-state index in [1.54, 1.807) is 7.11 Å². The van der Waals surface area contributed by atoms with Crippen molar-refractivity contribution in [1.82, 2.24) is 10.2 Å². The molecule has 2 aromatic rings. The van der Waals surface area contributed by atoms with E-state index in [0.717, 1.165) is 18.8 Å². The van der Waals surface area contributed by atoms with Gasteiger partial charge < -0.3 is 10.1 Å². The molecule has 24 heavy (non-hydrogen) atoms. The molecule has 126 valence electrons. The van der Waals surface area contributed by atoms with Crippen LogP contribution in [0.25, 0.3) is 0 Å². The molecule has 4 rings (SSSR count). The van der Waals surface area contributed by atoms with Crippen LogP contribution < -0.4 is 10.1 Å². The molecule has 2 aromatic carbocycles. The van der Waals surface area contributed by atoms with E-state index in [1.165, 1.54) is 37.1 Å². The molecule has 2 aliphatic heterocycles. The molecule has 0 aliphatic carbocycles. The minimum absolute atomic E-state index is 0.397. The topological polar surface area (TPSA) is 24.5 Å². The molecule has 2 bridgehead atoms. The third-order valence-corrected chi connectivity index (χ3v) is 5.78. The van der Waals surface area contributed by atoms with Crippen molar-refractivity contribution in [2.24, 2.45) is 0 Å². The molecule has 2 fully saturated rings. The average Bonchev–Trinajstić information content (AvgIpc) is 3.23. The van der Waals surface area contributed by atoms with Gasteiger partial charge in [0.05, 0.1) is 7.11 Å². The standard InChI is InChI=1S/C21H26N2O/c1-24-20-9-7-17(8-10-20)14-22-15-19-13-21(11-12-23(19)16-21)18-5-3-2-4-6-18/h2-10,19,22H,11-16H2,1H3. The summed E-state index contributed by atoms with van der Waals surface area (Å²) in [7, 11) is 1.71. The summed E-state index contributed by atoms with van der Waals surface area (Å²) in [5.74, 6) is 0.919. The largest absolute Gasteiger partial charge is 0.497 e. The fourth-order valence-electron chi connectivity index (χ4n) is 4.44. The van der Waals surface area contributed by atoms with Gasteiger partial charge in [-0.3, -0.25) is 4.90 Å². The third kappa shape index (κ3) is 2.94. The Bertz CT molecular complexity index is 670.